The lowest BCUT2D eigenvalue weighted by Crippen LogP contribution is -1.94. The molecule has 0 atom stereocenters. The van der Waals surface area contributed by atoms with E-state index in [4.69, 9.17) is 4.74 Å². The van der Waals surface area contributed by atoms with E-state index in [1.54, 1.807) is 12.3 Å². The van der Waals surface area contributed by atoms with Gasteiger partial charge in [-0.25, -0.2) is 0 Å². The molecule has 0 amide bonds. The minimum absolute atomic E-state index is 0.509. The average molecular weight is 230 g/mol. The van der Waals surface area contributed by atoms with Crippen LogP contribution in [0.1, 0.15) is 16.1 Å². The van der Waals surface area contributed by atoms with Gasteiger partial charge in [0.05, 0.1) is 24.6 Å². The summed E-state index contributed by atoms with van der Waals surface area (Å²) in [6.45, 7) is 0. The van der Waals surface area contributed by atoms with Gasteiger partial charge in [0, 0.05) is 5.33 Å². The van der Waals surface area contributed by atoms with Gasteiger partial charge in [-0.05, 0) is 6.07 Å². The monoisotopic (exact) mass is 229 g/mol. The maximum absolute atomic E-state index is 10.5. The molecule has 1 aromatic heterocycles. The molecule has 0 aromatic carbocycles. The number of pyridine rings is 1. The maximum atomic E-state index is 10.5. The molecular weight excluding hydrogens is 222 g/mol. The van der Waals surface area contributed by atoms with Crippen molar-refractivity contribution in [2.45, 2.75) is 5.33 Å². The van der Waals surface area contributed by atoms with E-state index in [1.807, 2.05) is 0 Å². The third-order valence-corrected chi connectivity index (χ3v) is 2.01. The number of alkyl halides is 1. The molecule has 0 aliphatic rings. The predicted octanol–water partition coefficient (Wildman–Crippen LogP) is 1.80. The van der Waals surface area contributed by atoms with Gasteiger partial charge in [-0.15, -0.1) is 0 Å². The molecule has 1 rings (SSSR count). The lowest BCUT2D eigenvalue weighted by molar-refractivity contribution is 0.112. The van der Waals surface area contributed by atoms with Crippen molar-refractivity contribution in [3.05, 3.63) is 23.5 Å². The van der Waals surface area contributed by atoms with Crippen LogP contribution in [0.3, 0.4) is 0 Å². The highest BCUT2D eigenvalue weighted by Crippen LogP contribution is 2.16. The fourth-order valence-corrected chi connectivity index (χ4v) is 1.15. The van der Waals surface area contributed by atoms with Gasteiger partial charge in [-0.3, -0.25) is 9.78 Å². The molecule has 0 fully saturated rings. The van der Waals surface area contributed by atoms with Crippen LogP contribution in [-0.2, 0) is 5.33 Å². The van der Waals surface area contributed by atoms with Crippen LogP contribution in [0.4, 0.5) is 0 Å². The molecule has 4 heteroatoms. The van der Waals surface area contributed by atoms with Crippen molar-refractivity contribution in [1.29, 1.82) is 0 Å². The normalized spacial score (nSPS) is 9.50. The van der Waals surface area contributed by atoms with Gasteiger partial charge >= 0.3 is 0 Å². The second-order valence-electron chi connectivity index (χ2n) is 2.17. The van der Waals surface area contributed by atoms with E-state index in [0.29, 0.717) is 16.6 Å². The van der Waals surface area contributed by atoms with Crippen molar-refractivity contribution in [3.63, 3.8) is 0 Å². The first-order valence-electron chi connectivity index (χ1n) is 3.36. The molecule has 0 bridgehead atoms. The molecule has 0 saturated carbocycles. The number of methoxy groups -OCH3 is 1. The quantitative estimate of drug-likeness (QED) is 0.587. The van der Waals surface area contributed by atoms with E-state index in [0.717, 1.165) is 12.0 Å². The predicted molar refractivity (Wildman–Crippen MR) is 48.8 cm³/mol. The number of hydrogen-bond donors (Lipinski definition) is 0. The topological polar surface area (TPSA) is 39.2 Å². The summed E-state index contributed by atoms with van der Waals surface area (Å²) in [6, 6.07) is 1.70. The van der Waals surface area contributed by atoms with Crippen LogP contribution in [0.25, 0.3) is 0 Å². The summed E-state index contributed by atoms with van der Waals surface area (Å²) < 4.78 is 4.93. The number of aromatic nitrogens is 1. The Morgan fingerprint density at radius 2 is 2.50 bits per heavy atom. The Balaban J connectivity index is 3.10. The van der Waals surface area contributed by atoms with Gasteiger partial charge < -0.3 is 4.74 Å². The Morgan fingerprint density at radius 3 is 3.00 bits per heavy atom. The highest BCUT2D eigenvalue weighted by atomic mass is 79.9. The van der Waals surface area contributed by atoms with E-state index in [-0.39, 0.29) is 0 Å². The maximum Gasteiger partial charge on any atom is 0.153 e. The highest BCUT2D eigenvalue weighted by Gasteiger charge is 2.02. The molecule has 0 aliphatic heterocycles. The molecule has 0 unspecified atom stereocenters. The second-order valence-corrected chi connectivity index (χ2v) is 2.73. The molecule has 1 aromatic rings. The summed E-state index contributed by atoms with van der Waals surface area (Å²) in [5.74, 6) is 0.509. The van der Waals surface area contributed by atoms with Crippen LogP contribution in [0.15, 0.2) is 12.3 Å². The zero-order chi connectivity index (χ0) is 8.97. The number of nitrogens with zero attached hydrogens (tertiary/aromatic N) is 1. The lowest BCUT2D eigenvalue weighted by Gasteiger charge is -2.02. The Bertz CT molecular complexity index is 288. The first-order valence-corrected chi connectivity index (χ1v) is 4.48. The zero-order valence-electron chi connectivity index (χ0n) is 6.58. The largest absolute Gasteiger partial charge is 0.494 e. The number of aldehydes is 1. The van der Waals surface area contributed by atoms with Crippen LogP contribution in [-0.4, -0.2) is 18.4 Å². The number of carbonyl (C=O) groups is 1. The first kappa shape index (κ1) is 9.19. The van der Waals surface area contributed by atoms with Crippen molar-refractivity contribution < 1.29 is 9.53 Å². The van der Waals surface area contributed by atoms with Crippen LogP contribution >= 0.6 is 15.9 Å². The first-order chi connectivity index (χ1) is 5.81. The summed E-state index contributed by atoms with van der Waals surface area (Å²) in [5.41, 5.74) is 1.35. The third kappa shape index (κ3) is 1.82. The fraction of sp³-hybridized carbons (Fsp3) is 0.250. The molecule has 3 nitrogen and oxygen atoms in total. The van der Waals surface area contributed by atoms with Crippen LogP contribution in [0.5, 0.6) is 5.75 Å². The van der Waals surface area contributed by atoms with Crippen LogP contribution in [0.2, 0.25) is 0 Å². The number of hydrogen-bond acceptors (Lipinski definition) is 3. The number of halogens is 1. The number of carbonyl (C=O) groups excluding carboxylic acids is 1. The summed E-state index contributed by atoms with van der Waals surface area (Å²) in [7, 11) is 1.51. The standard InChI is InChI=1S/C8H8BrNO2/c1-12-8-4-10-7(3-9)2-6(8)5-11/h2,4-5H,3H2,1H3. The Hall–Kier alpha value is -0.900. The molecule has 0 N–H and O–H groups in total. The summed E-state index contributed by atoms with van der Waals surface area (Å²) in [6.07, 6.45) is 2.30. The lowest BCUT2D eigenvalue weighted by atomic mass is 10.2. The van der Waals surface area contributed by atoms with Crippen molar-refractivity contribution in [3.8, 4) is 5.75 Å². The third-order valence-electron chi connectivity index (χ3n) is 1.44. The van der Waals surface area contributed by atoms with Crippen molar-refractivity contribution in [2.75, 3.05) is 7.11 Å². The summed E-state index contributed by atoms with van der Waals surface area (Å²) in [5, 5.41) is 0.637. The summed E-state index contributed by atoms with van der Waals surface area (Å²) in [4.78, 5) is 14.6. The highest BCUT2D eigenvalue weighted by molar-refractivity contribution is 9.08. The smallest absolute Gasteiger partial charge is 0.153 e. The molecule has 0 saturated heterocycles. The minimum atomic E-state index is 0.509. The van der Waals surface area contributed by atoms with Crippen molar-refractivity contribution in [2.24, 2.45) is 0 Å². The fourth-order valence-electron chi connectivity index (χ4n) is 0.840. The Labute approximate surface area is 78.9 Å². The van der Waals surface area contributed by atoms with E-state index < -0.39 is 0 Å². The molecule has 0 radical (unpaired) electrons. The molecule has 64 valence electrons. The Morgan fingerprint density at radius 1 is 1.75 bits per heavy atom. The van der Waals surface area contributed by atoms with Gasteiger partial charge in [0.2, 0.25) is 0 Å². The summed E-state index contributed by atoms with van der Waals surface area (Å²) >= 11 is 3.25. The van der Waals surface area contributed by atoms with Crippen molar-refractivity contribution in [1.82, 2.24) is 4.98 Å². The van der Waals surface area contributed by atoms with E-state index >= 15 is 0 Å². The van der Waals surface area contributed by atoms with Gasteiger partial charge in [0.25, 0.3) is 0 Å². The van der Waals surface area contributed by atoms with E-state index in [2.05, 4.69) is 20.9 Å². The number of rotatable bonds is 3. The van der Waals surface area contributed by atoms with E-state index in [9.17, 15) is 4.79 Å². The van der Waals surface area contributed by atoms with Gasteiger partial charge in [-0.2, -0.15) is 0 Å². The molecule has 12 heavy (non-hydrogen) atoms. The molecule has 0 spiro atoms. The SMILES string of the molecule is COc1cnc(CBr)cc1C=O. The van der Waals surface area contributed by atoms with Gasteiger partial charge in [-0.1, -0.05) is 15.9 Å². The van der Waals surface area contributed by atoms with Crippen LogP contribution in [0, 0.1) is 0 Å². The number of ether oxygens (including phenoxy) is 1. The average Bonchev–Trinajstić information content (AvgIpc) is 2.16. The van der Waals surface area contributed by atoms with Gasteiger partial charge in [0.1, 0.15) is 5.75 Å². The van der Waals surface area contributed by atoms with E-state index in [1.165, 1.54) is 7.11 Å². The molecule has 0 aliphatic carbocycles. The molecule has 1 heterocycles. The Kier molecular flexibility index (Phi) is 3.22. The van der Waals surface area contributed by atoms with Crippen LogP contribution < -0.4 is 4.74 Å². The van der Waals surface area contributed by atoms with Crippen molar-refractivity contribution >= 4 is 22.2 Å². The second kappa shape index (κ2) is 4.21. The van der Waals surface area contributed by atoms with Gasteiger partial charge in [0.15, 0.2) is 6.29 Å². The minimum Gasteiger partial charge on any atom is -0.494 e. The molecular formula is C8H8BrNO2. The zero-order valence-corrected chi connectivity index (χ0v) is 8.17.